The number of anilines is 2. The maximum atomic E-state index is 13.7. The Morgan fingerprint density at radius 3 is 2.86 bits per heavy atom. The van der Waals surface area contributed by atoms with Crippen LogP contribution in [0.3, 0.4) is 0 Å². The first-order valence-electron chi connectivity index (χ1n) is 13.6. The van der Waals surface area contributed by atoms with E-state index in [9.17, 15) is 19.2 Å². The summed E-state index contributed by atoms with van der Waals surface area (Å²) < 4.78 is 20.2. The van der Waals surface area contributed by atoms with Crippen molar-refractivity contribution in [1.82, 2.24) is 30.0 Å². The van der Waals surface area contributed by atoms with Gasteiger partial charge in [-0.2, -0.15) is 20.3 Å². The molecule has 1 saturated heterocycles. The molecule has 2 amide bonds. The summed E-state index contributed by atoms with van der Waals surface area (Å²) in [5.74, 6) is -0.0338. The van der Waals surface area contributed by atoms with Crippen molar-refractivity contribution in [2.45, 2.75) is 32.2 Å². The number of hydrogen-bond donors (Lipinski definition) is 2. The highest BCUT2D eigenvalue weighted by molar-refractivity contribution is 5.92. The Balaban J connectivity index is 1.49. The molecule has 13 heteroatoms. The number of ether oxygens (including phenoxy) is 1. The first-order valence-corrected chi connectivity index (χ1v) is 13.6. The number of carbonyl (C=O) groups is 2. The molecule has 5 rings (SSSR count). The van der Waals surface area contributed by atoms with E-state index in [1.165, 1.54) is 9.80 Å². The number of rotatable bonds is 8. The largest absolute Gasteiger partial charge is 0.438 e. The molecule has 2 aliphatic heterocycles. The number of nitrogens with zero attached hydrogens (tertiary/aromatic N) is 7. The number of fused-ring (bicyclic) bond motifs is 2. The number of H-pyrrole nitrogens is 1. The number of aromatic amines is 1. The molecular weight excluding hydrogens is 541 g/mol. The first-order chi connectivity index (χ1) is 20.2. The van der Waals surface area contributed by atoms with Crippen molar-refractivity contribution < 1.29 is 18.7 Å². The molecule has 0 spiro atoms. The van der Waals surface area contributed by atoms with E-state index in [2.05, 4.69) is 33.1 Å². The van der Waals surface area contributed by atoms with Crippen LogP contribution in [0.5, 0.6) is 5.88 Å². The zero-order chi connectivity index (χ0) is 30.0. The molecule has 0 radical (unpaired) electrons. The normalized spacial score (nSPS) is 16.3. The molecule has 0 saturated carbocycles. The second-order valence-corrected chi connectivity index (χ2v) is 10.4. The Bertz CT molecular complexity index is 1620. The first kappa shape index (κ1) is 28.5. The van der Waals surface area contributed by atoms with E-state index in [0.717, 1.165) is 27.6 Å². The van der Waals surface area contributed by atoms with Gasteiger partial charge in [-0.1, -0.05) is 12.6 Å². The van der Waals surface area contributed by atoms with Gasteiger partial charge in [0.05, 0.1) is 35.8 Å². The number of halogens is 1. The molecule has 0 aliphatic carbocycles. The highest BCUT2D eigenvalue weighted by atomic mass is 19.1. The second kappa shape index (κ2) is 11.9. The van der Waals surface area contributed by atoms with Crippen LogP contribution in [0.2, 0.25) is 0 Å². The molecule has 42 heavy (non-hydrogen) atoms. The summed E-state index contributed by atoms with van der Waals surface area (Å²) in [6, 6.07) is 5.51. The van der Waals surface area contributed by atoms with Crippen LogP contribution in [0.4, 0.5) is 16.2 Å². The van der Waals surface area contributed by atoms with Crippen LogP contribution in [-0.2, 0) is 16.0 Å². The van der Waals surface area contributed by atoms with Gasteiger partial charge in [-0.3, -0.25) is 14.7 Å². The predicted octanol–water partition coefficient (Wildman–Crippen LogP) is 2.94. The minimum absolute atomic E-state index is 0.0229. The fraction of sp³-hybridized carbons (Fsp3) is 0.379. The van der Waals surface area contributed by atoms with Gasteiger partial charge in [0.15, 0.2) is 5.83 Å². The lowest BCUT2D eigenvalue weighted by atomic mass is 9.99. The van der Waals surface area contributed by atoms with E-state index in [1.54, 1.807) is 20.3 Å². The number of allylic oxidation sites excluding steroid dienone is 1. The number of benzene rings is 1. The van der Waals surface area contributed by atoms with Gasteiger partial charge in [-0.05, 0) is 24.6 Å². The molecular formula is C29H32FN9O3. The summed E-state index contributed by atoms with van der Waals surface area (Å²) in [5, 5.41) is 20.7. The molecule has 3 aromatic rings. The zero-order valence-corrected chi connectivity index (χ0v) is 23.8. The Morgan fingerprint density at radius 2 is 2.12 bits per heavy atom. The van der Waals surface area contributed by atoms with Crippen LogP contribution < -0.4 is 15.0 Å². The Kier molecular flexibility index (Phi) is 8.06. The fourth-order valence-electron chi connectivity index (χ4n) is 5.26. The molecule has 1 fully saturated rings. The van der Waals surface area contributed by atoms with Crippen molar-refractivity contribution in [3.8, 4) is 11.9 Å². The minimum atomic E-state index is -1.06. The lowest BCUT2D eigenvalue weighted by molar-refractivity contribution is -0.131. The van der Waals surface area contributed by atoms with Crippen LogP contribution in [0, 0.1) is 18.3 Å². The summed E-state index contributed by atoms with van der Waals surface area (Å²) in [6.45, 7) is 6.26. The van der Waals surface area contributed by atoms with Crippen molar-refractivity contribution in [3.05, 3.63) is 53.5 Å². The third kappa shape index (κ3) is 5.60. The molecule has 12 nitrogen and oxygen atoms in total. The van der Waals surface area contributed by atoms with E-state index in [0.29, 0.717) is 37.0 Å². The van der Waals surface area contributed by atoms with E-state index >= 15 is 0 Å². The summed E-state index contributed by atoms with van der Waals surface area (Å²) in [7, 11) is 3.39. The second-order valence-electron chi connectivity index (χ2n) is 10.4. The smallest absolute Gasteiger partial charge is 0.282 e. The van der Waals surface area contributed by atoms with Gasteiger partial charge >= 0.3 is 0 Å². The van der Waals surface area contributed by atoms with Crippen LogP contribution in [0.1, 0.15) is 29.5 Å². The molecule has 4 heterocycles. The number of aromatic nitrogens is 4. The fourth-order valence-corrected chi connectivity index (χ4v) is 5.26. The maximum absolute atomic E-state index is 13.7. The highest BCUT2D eigenvalue weighted by Gasteiger charge is 2.34. The number of nitrogens with one attached hydrogen (secondary N) is 2. The van der Waals surface area contributed by atoms with Crippen molar-refractivity contribution >= 4 is 40.2 Å². The Morgan fingerprint density at radius 1 is 1.31 bits per heavy atom. The van der Waals surface area contributed by atoms with Gasteiger partial charge in [0.1, 0.15) is 11.6 Å². The quantitative estimate of drug-likeness (QED) is 0.389. The highest BCUT2D eigenvalue weighted by Crippen LogP contribution is 2.38. The monoisotopic (exact) mass is 573 g/mol. The Hall–Kier alpha value is -4.99. The predicted molar refractivity (Wildman–Crippen MR) is 155 cm³/mol. The molecule has 0 unspecified atom stereocenters. The number of piperazine rings is 1. The number of carbonyl (C=O) groups excluding carboxylic acids is 2. The SMILES string of the molecule is C=C(F)C(=O)N1CCN(c2nc(NCCC(=O)N(C)C)nc3c2CC=C(c2c(C)ccc4[nH]ncc24)O3)C[C@@H]1CC#N. The third-order valence-corrected chi connectivity index (χ3v) is 7.45. The van der Waals surface area contributed by atoms with Gasteiger partial charge in [0.25, 0.3) is 5.91 Å². The van der Waals surface area contributed by atoms with Crippen molar-refractivity contribution in [3.63, 3.8) is 0 Å². The number of nitriles is 1. The van der Waals surface area contributed by atoms with Crippen LogP contribution in [0.15, 0.2) is 36.8 Å². The number of aryl methyl sites for hydroxylation is 1. The Labute approximate surface area is 242 Å². The van der Waals surface area contributed by atoms with Crippen LogP contribution >= 0.6 is 0 Å². The molecule has 2 aliphatic rings. The molecule has 1 atom stereocenters. The summed E-state index contributed by atoms with van der Waals surface area (Å²) >= 11 is 0. The van der Waals surface area contributed by atoms with Gasteiger partial charge < -0.3 is 24.8 Å². The average Bonchev–Trinajstić information content (AvgIpc) is 3.45. The minimum Gasteiger partial charge on any atom is -0.438 e. The molecule has 1 aromatic carbocycles. The van der Waals surface area contributed by atoms with Crippen molar-refractivity contribution in [1.29, 1.82) is 5.26 Å². The van der Waals surface area contributed by atoms with Crippen LogP contribution in [-0.4, -0.2) is 88.1 Å². The molecule has 218 valence electrons. The standard InChI is InChI=1S/C29H32FN9O3/c1-17-5-7-22-21(15-33-36-22)25(17)23-8-6-20-26(34-29(35-27(20)42-23)32-12-10-24(40)37(3)4)38-13-14-39(28(41)18(2)30)19(16-38)9-11-31/h5,7-8,15,19H,2,6,9-10,12-14,16H2,1,3-4H3,(H,33,36)(H,32,34,35)/t19-/m0/s1. The lowest BCUT2D eigenvalue weighted by Gasteiger charge is -2.41. The topological polar surface area (TPSA) is 143 Å². The molecule has 0 bridgehead atoms. The van der Waals surface area contributed by atoms with E-state index < -0.39 is 17.8 Å². The van der Waals surface area contributed by atoms with Gasteiger partial charge in [0, 0.05) is 64.1 Å². The van der Waals surface area contributed by atoms with Gasteiger partial charge in [0.2, 0.25) is 17.7 Å². The van der Waals surface area contributed by atoms with Crippen molar-refractivity contribution in [2.75, 3.05) is 50.5 Å². The van der Waals surface area contributed by atoms with Gasteiger partial charge in [-0.15, -0.1) is 0 Å². The number of amides is 2. The molecule has 2 aromatic heterocycles. The maximum Gasteiger partial charge on any atom is 0.282 e. The summed E-state index contributed by atoms with van der Waals surface area (Å²) in [6.07, 6.45) is 4.48. The zero-order valence-electron chi connectivity index (χ0n) is 23.8. The van der Waals surface area contributed by atoms with E-state index in [-0.39, 0.29) is 37.8 Å². The molecule has 2 N–H and O–H groups in total. The third-order valence-electron chi connectivity index (χ3n) is 7.45. The van der Waals surface area contributed by atoms with Crippen molar-refractivity contribution in [2.24, 2.45) is 0 Å². The lowest BCUT2D eigenvalue weighted by Crippen LogP contribution is -2.55. The van der Waals surface area contributed by atoms with Gasteiger partial charge in [-0.25, -0.2) is 4.39 Å². The average molecular weight is 574 g/mol. The van der Waals surface area contributed by atoms with E-state index in [1.807, 2.05) is 30.0 Å². The summed E-state index contributed by atoms with van der Waals surface area (Å²) in [5.41, 5.74) is 3.55. The summed E-state index contributed by atoms with van der Waals surface area (Å²) in [4.78, 5) is 38.8. The number of hydrogen-bond acceptors (Lipinski definition) is 9. The van der Waals surface area contributed by atoms with E-state index in [4.69, 9.17) is 9.72 Å². The van der Waals surface area contributed by atoms with Crippen LogP contribution in [0.25, 0.3) is 16.7 Å².